The third-order valence-corrected chi connectivity index (χ3v) is 3.50. The van der Waals surface area contributed by atoms with Crippen LogP contribution in [0.25, 0.3) is 0 Å². The standard InChI is InChI=1S/C13H12Cl3N3/c1-19(7-9-3-2-4-10(15)5-9)13-11(6-14)12(16)17-8-18-13/h2-5,8H,6-7H2,1H3. The van der Waals surface area contributed by atoms with Gasteiger partial charge in [0, 0.05) is 24.2 Å². The van der Waals surface area contributed by atoms with Crippen LogP contribution < -0.4 is 4.90 Å². The van der Waals surface area contributed by atoms with Crippen LogP contribution in [0.3, 0.4) is 0 Å². The van der Waals surface area contributed by atoms with Crippen molar-refractivity contribution in [3.63, 3.8) is 0 Å². The highest BCUT2D eigenvalue weighted by Crippen LogP contribution is 2.25. The third kappa shape index (κ3) is 3.50. The monoisotopic (exact) mass is 315 g/mol. The topological polar surface area (TPSA) is 29.0 Å². The van der Waals surface area contributed by atoms with Crippen molar-refractivity contribution in [2.75, 3.05) is 11.9 Å². The molecule has 1 heterocycles. The summed E-state index contributed by atoms with van der Waals surface area (Å²) in [5, 5.41) is 1.10. The molecule has 100 valence electrons. The number of aromatic nitrogens is 2. The van der Waals surface area contributed by atoms with Crippen LogP contribution in [0.4, 0.5) is 5.82 Å². The second-order valence-electron chi connectivity index (χ2n) is 4.09. The lowest BCUT2D eigenvalue weighted by Gasteiger charge is -2.20. The van der Waals surface area contributed by atoms with Crippen LogP contribution in [-0.4, -0.2) is 17.0 Å². The van der Waals surface area contributed by atoms with Gasteiger partial charge in [0.25, 0.3) is 0 Å². The van der Waals surface area contributed by atoms with Gasteiger partial charge in [-0.1, -0.05) is 35.3 Å². The molecule has 0 fully saturated rings. The van der Waals surface area contributed by atoms with Crippen molar-refractivity contribution in [1.29, 1.82) is 0 Å². The lowest BCUT2D eigenvalue weighted by atomic mass is 10.2. The molecule has 1 aromatic carbocycles. The van der Waals surface area contributed by atoms with Gasteiger partial charge in [-0.25, -0.2) is 9.97 Å². The highest BCUT2D eigenvalue weighted by atomic mass is 35.5. The van der Waals surface area contributed by atoms with Gasteiger partial charge in [-0.05, 0) is 17.7 Å². The zero-order valence-corrected chi connectivity index (χ0v) is 12.5. The van der Waals surface area contributed by atoms with Gasteiger partial charge < -0.3 is 4.90 Å². The quantitative estimate of drug-likeness (QED) is 0.626. The average Bonchev–Trinajstić information content (AvgIpc) is 2.38. The normalized spacial score (nSPS) is 10.5. The fourth-order valence-corrected chi connectivity index (χ4v) is 2.53. The molecule has 2 rings (SSSR count). The van der Waals surface area contributed by atoms with Crippen molar-refractivity contribution in [3.8, 4) is 0 Å². The zero-order valence-electron chi connectivity index (χ0n) is 10.3. The van der Waals surface area contributed by atoms with E-state index in [9.17, 15) is 0 Å². The van der Waals surface area contributed by atoms with Crippen molar-refractivity contribution in [2.24, 2.45) is 0 Å². The molecule has 3 nitrogen and oxygen atoms in total. The first kappa shape index (κ1) is 14.4. The number of halogens is 3. The Morgan fingerprint density at radius 3 is 2.68 bits per heavy atom. The highest BCUT2D eigenvalue weighted by Gasteiger charge is 2.13. The van der Waals surface area contributed by atoms with Gasteiger partial charge in [-0.15, -0.1) is 11.6 Å². The van der Waals surface area contributed by atoms with Crippen LogP contribution in [-0.2, 0) is 12.4 Å². The van der Waals surface area contributed by atoms with Crippen LogP contribution in [0, 0.1) is 0 Å². The first-order chi connectivity index (χ1) is 9.11. The smallest absolute Gasteiger partial charge is 0.138 e. The lowest BCUT2D eigenvalue weighted by Crippen LogP contribution is -2.19. The SMILES string of the molecule is CN(Cc1cccc(Cl)c1)c1ncnc(Cl)c1CCl. The first-order valence-corrected chi connectivity index (χ1v) is 6.91. The summed E-state index contributed by atoms with van der Waals surface area (Å²) in [7, 11) is 1.93. The summed E-state index contributed by atoms with van der Waals surface area (Å²) < 4.78 is 0. The molecule has 1 aromatic heterocycles. The fourth-order valence-electron chi connectivity index (χ4n) is 1.81. The summed E-state index contributed by atoms with van der Waals surface area (Å²) in [6, 6.07) is 7.69. The van der Waals surface area contributed by atoms with Gasteiger partial charge in [-0.2, -0.15) is 0 Å². The Hall–Kier alpha value is -1.03. The zero-order chi connectivity index (χ0) is 13.8. The summed E-state index contributed by atoms with van der Waals surface area (Å²) in [4.78, 5) is 10.1. The Balaban J connectivity index is 2.25. The van der Waals surface area contributed by atoms with E-state index in [4.69, 9.17) is 34.8 Å². The van der Waals surface area contributed by atoms with Crippen LogP contribution in [0.5, 0.6) is 0 Å². The second-order valence-corrected chi connectivity index (χ2v) is 5.15. The third-order valence-electron chi connectivity index (χ3n) is 2.67. The lowest BCUT2D eigenvalue weighted by molar-refractivity contribution is 0.880. The minimum Gasteiger partial charge on any atom is -0.355 e. The Kier molecular flexibility index (Phi) is 4.86. The number of alkyl halides is 1. The van der Waals surface area contributed by atoms with E-state index in [1.54, 1.807) is 0 Å². The Labute approximate surface area is 127 Å². The number of hydrogen-bond acceptors (Lipinski definition) is 3. The highest BCUT2D eigenvalue weighted by molar-refractivity contribution is 6.31. The molecule has 0 saturated carbocycles. The molecule has 0 radical (unpaired) electrons. The molecule has 0 aliphatic rings. The minimum absolute atomic E-state index is 0.273. The van der Waals surface area contributed by atoms with Crippen molar-refractivity contribution in [2.45, 2.75) is 12.4 Å². The molecule has 0 amide bonds. The Morgan fingerprint density at radius 2 is 2.00 bits per heavy atom. The average molecular weight is 317 g/mol. The molecule has 0 bridgehead atoms. The summed E-state index contributed by atoms with van der Waals surface area (Å²) in [6.07, 6.45) is 1.43. The molecule has 0 atom stereocenters. The number of rotatable bonds is 4. The van der Waals surface area contributed by atoms with E-state index in [1.165, 1.54) is 6.33 Å². The number of benzene rings is 1. The number of anilines is 1. The Morgan fingerprint density at radius 1 is 1.21 bits per heavy atom. The molecule has 19 heavy (non-hydrogen) atoms. The Bertz CT molecular complexity index is 575. The maximum absolute atomic E-state index is 6.02. The second kappa shape index (κ2) is 6.42. The number of hydrogen-bond donors (Lipinski definition) is 0. The van der Waals surface area contributed by atoms with Crippen LogP contribution >= 0.6 is 34.8 Å². The summed E-state index contributed by atoms with van der Waals surface area (Å²) in [5.74, 6) is 1.00. The van der Waals surface area contributed by atoms with E-state index < -0.39 is 0 Å². The summed E-state index contributed by atoms with van der Waals surface area (Å²) in [6.45, 7) is 0.664. The van der Waals surface area contributed by atoms with Crippen molar-refractivity contribution in [1.82, 2.24) is 9.97 Å². The van der Waals surface area contributed by atoms with E-state index in [-0.39, 0.29) is 5.88 Å². The maximum Gasteiger partial charge on any atom is 0.138 e. The van der Waals surface area contributed by atoms with Gasteiger partial charge in [0.1, 0.15) is 17.3 Å². The summed E-state index contributed by atoms with van der Waals surface area (Å²) in [5.41, 5.74) is 1.82. The summed E-state index contributed by atoms with van der Waals surface area (Å²) >= 11 is 17.9. The number of nitrogens with zero attached hydrogens (tertiary/aromatic N) is 3. The molecule has 6 heteroatoms. The van der Waals surface area contributed by atoms with Crippen molar-refractivity contribution >= 4 is 40.6 Å². The molecule has 0 N–H and O–H groups in total. The predicted molar refractivity (Wildman–Crippen MR) is 80.2 cm³/mol. The largest absolute Gasteiger partial charge is 0.355 e. The van der Waals surface area contributed by atoms with Gasteiger partial charge in [-0.3, -0.25) is 0 Å². The molecule has 0 spiro atoms. The van der Waals surface area contributed by atoms with Crippen LogP contribution in [0.15, 0.2) is 30.6 Å². The molecule has 0 aliphatic carbocycles. The van der Waals surface area contributed by atoms with E-state index in [1.807, 2.05) is 36.2 Å². The van der Waals surface area contributed by atoms with Crippen molar-refractivity contribution < 1.29 is 0 Å². The van der Waals surface area contributed by atoms with Gasteiger partial charge in [0.05, 0.1) is 5.88 Å². The maximum atomic E-state index is 6.02. The fraction of sp³-hybridized carbons (Fsp3) is 0.231. The van der Waals surface area contributed by atoms with Gasteiger partial charge >= 0.3 is 0 Å². The van der Waals surface area contributed by atoms with Gasteiger partial charge in [0.15, 0.2) is 0 Å². The molecular weight excluding hydrogens is 305 g/mol. The molecule has 0 unspecified atom stereocenters. The first-order valence-electron chi connectivity index (χ1n) is 5.62. The van der Waals surface area contributed by atoms with Crippen LogP contribution in [0.1, 0.15) is 11.1 Å². The molecule has 0 aliphatic heterocycles. The molecule has 0 saturated heterocycles. The van der Waals surface area contributed by atoms with Gasteiger partial charge in [0.2, 0.25) is 0 Å². The van der Waals surface area contributed by atoms with E-state index in [2.05, 4.69) is 9.97 Å². The van der Waals surface area contributed by atoms with Crippen LogP contribution in [0.2, 0.25) is 10.2 Å². The van der Waals surface area contributed by atoms with E-state index in [0.717, 1.165) is 16.9 Å². The molecule has 2 aromatic rings. The predicted octanol–water partition coefficient (Wildman–Crippen LogP) is 4.16. The molecular formula is C13H12Cl3N3. The van der Waals surface area contributed by atoms with E-state index >= 15 is 0 Å². The van der Waals surface area contributed by atoms with Crippen molar-refractivity contribution in [3.05, 3.63) is 51.9 Å². The minimum atomic E-state index is 0.273. The van der Waals surface area contributed by atoms with E-state index in [0.29, 0.717) is 16.7 Å².